The average Bonchev–Trinajstić information content (AvgIpc) is 2.66. The minimum atomic E-state index is -0.575. The summed E-state index contributed by atoms with van der Waals surface area (Å²) in [4.78, 5) is 27.3. The van der Waals surface area contributed by atoms with E-state index < -0.39 is 6.04 Å². The summed E-state index contributed by atoms with van der Waals surface area (Å²) in [6.45, 7) is 6.07. The lowest BCUT2D eigenvalue weighted by Gasteiger charge is -2.30. The van der Waals surface area contributed by atoms with E-state index in [2.05, 4.69) is 5.32 Å². The van der Waals surface area contributed by atoms with Crippen LogP contribution in [0.15, 0.2) is 54.6 Å². The molecule has 0 aromatic heterocycles. The van der Waals surface area contributed by atoms with Gasteiger partial charge in [-0.25, -0.2) is 0 Å². The zero-order chi connectivity index (χ0) is 19.8. The topological polar surface area (TPSA) is 49.4 Å². The van der Waals surface area contributed by atoms with Gasteiger partial charge in [0.25, 0.3) is 0 Å². The van der Waals surface area contributed by atoms with E-state index >= 15 is 0 Å². The average molecular weight is 387 g/mol. The van der Waals surface area contributed by atoms with Crippen molar-refractivity contribution in [2.45, 2.75) is 52.2 Å². The van der Waals surface area contributed by atoms with E-state index in [4.69, 9.17) is 11.6 Å². The maximum atomic E-state index is 13.0. The van der Waals surface area contributed by atoms with Crippen molar-refractivity contribution in [1.29, 1.82) is 0 Å². The predicted molar refractivity (Wildman–Crippen MR) is 110 cm³/mol. The van der Waals surface area contributed by atoms with E-state index in [1.165, 1.54) is 0 Å². The Balaban J connectivity index is 2.21. The van der Waals surface area contributed by atoms with Crippen molar-refractivity contribution in [2.24, 2.45) is 0 Å². The number of rotatable bonds is 8. The van der Waals surface area contributed by atoms with Crippen molar-refractivity contribution in [2.75, 3.05) is 0 Å². The summed E-state index contributed by atoms with van der Waals surface area (Å²) in [5.41, 5.74) is 1.82. The van der Waals surface area contributed by atoms with Gasteiger partial charge in [-0.15, -0.1) is 0 Å². The van der Waals surface area contributed by atoms with Gasteiger partial charge in [0, 0.05) is 17.6 Å². The summed E-state index contributed by atoms with van der Waals surface area (Å²) in [5, 5.41) is 3.58. The van der Waals surface area contributed by atoms with Gasteiger partial charge in [-0.3, -0.25) is 9.59 Å². The second-order valence-corrected chi connectivity index (χ2v) is 7.24. The first kappa shape index (κ1) is 21.0. The number of carbonyl (C=O) groups is 2. The normalized spacial score (nSPS) is 12.9. The molecule has 2 aromatic rings. The van der Waals surface area contributed by atoms with Crippen molar-refractivity contribution in [1.82, 2.24) is 10.2 Å². The lowest BCUT2D eigenvalue weighted by molar-refractivity contribution is -0.140. The number of nitrogens with zero attached hydrogens (tertiary/aromatic N) is 1. The van der Waals surface area contributed by atoms with Crippen LogP contribution in [0.1, 0.15) is 38.3 Å². The second-order valence-electron chi connectivity index (χ2n) is 6.81. The Hall–Kier alpha value is -2.33. The third-order valence-electron chi connectivity index (χ3n) is 4.61. The smallest absolute Gasteiger partial charge is 0.242 e. The molecule has 4 nitrogen and oxygen atoms in total. The van der Waals surface area contributed by atoms with Crippen molar-refractivity contribution in [3.63, 3.8) is 0 Å². The number of hydrogen-bond acceptors (Lipinski definition) is 2. The molecule has 0 aliphatic heterocycles. The summed E-state index contributed by atoms with van der Waals surface area (Å²) < 4.78 is 0. The molecule has 0 spiro atoms. The molecule has 0 unspecified atom stereocenters. The van der Waals surface area contributed by atoms with Crippen LogP contribution in [0.3, 0.4) is 0 Å². The summed E-state index contributed by atoms with van der Waals surface area (Å²) in [5.74, 6) is -0.235. The van der Waals surface area contributed by atoms with Crippen LogP contribution in [0, 0.1) is 0 Å². The first-order valence-electron chi connectivity index (χ1n) is 9.29. The number of hydrogen-bond donors (Lipinski definition) is 1. The van der Waals surface area contributed by atoms with Gasteiger partial charge in [0.1, 0.15) is 6.04 Å². The summed E-state index contributed by atoms with van der Waals surface area (Å²) in [7, 11) is 0. The monoisotopic (exact) mass is 386 g/mol. The first-order valence-corrected chi connectivity index (χ1v) is 9.66. The number of nitrogens with one attached hydrogen (secondary N) is 1. The molecule has 1 N–H and O–H groups in total. The molecule has 0 saturated heterocycles. The molecule has 5 heteroatoms. The third kappa shape index (κ3) is 6.40. The molecule has 0 saturated carbocycles. The van der Waals surface area contributed by atoms with Crippen molar-refractivity contribution < 1.29 is 9.59 Å². The molecule has 144 valence electrons. The molecular formula is C22H27ClN2O2. The number of halogens is 1. The van der Waals surface area contributed by atoms with Gasteiger partial charge in [0.05, 0.1) is 6.42 Å². The van der Waals surface area contributed by atoms with Gasteiger partial charge in [0.15, 0.2) is 0 Å². The van der Waals surface area contributed by atoms with E-state index in [1.54, 1.807) is 17.9 Å². The highest BCUT2D eigenvalue weighted by atomic mass is 35.5. The Kier molecular flexibility index (Phi) is 7.86. The Bertz CT molecular complexity index is 764. The van der Waals surface area contributed by atoms with E-state index in [1.807, 2.05) is 62.4 Å². The van der Waals surface area contributed by atoms with Gasteiger partial charge in [-0.2, -0.15) is 0 Å². The summed E-state index contributed by atoms with van der Waals surface area (Å²) in [6.07, 6.45) is 1.09. The number of amides is 2. The zero-order valence-corrected chi connectivity index (χ0v) is 16.9. The van der Waals surface area contributed by atoms with Crippen LogP contribution in [-0.4, -0.2) is 28.8 Å². The zero-order valence-electron chi connectivity index (χ0n) is 16.1. The largest absolute Gasteiger partial charge is 0.352 e. The van der Waals surface area contributed by atoms with Crippen LogP contribution in [0.4, 0.5) is 0 Å². The fourth-order valence-corrected chi connectivity index (χ4v) is 2.97. The van der Waals surface area contributed by atoms with Crippen LogP contribution in [0.25, 0.3) is 0 Å². The Labute approximate surface area is 166 Å². The molecule has 2 rings (SSSR count). The second kappa shape index (κ2) is 10.1. The third-order valence-corrected chi connectivity index (χ3v) is 4.84. The molecule has 2 atom stereocenters. The molecule has 0 aliphatic rings. The highest BCUT2D eigenvalue weighted by Gasteiger charge is 2.26. The van der Waals surface area contributed by atoms with Crippen molar-refractivity contribution in [3.05, 3.63) is 70.7 Å². The molecule has 2 aromatic carbocycles. The van der Waals surface area contributed by atoms with E-state index in [0.717, 1.165) is 17.5 Å². The maximum absolute atomic E-state index is 13.0. The van der Waals surface area contributed by atoms with E-state index in [9.17, 15) is 9.59 Å². The highest BCUT2D eigenvalue weighted by Crippen LogP contribution is 2.16. The number of benzene rings is 2. The number of carbonyl (C=O) groups excluding carboxylic acids is 2. The summed E-state index contributed by atoms with van der Waals surface area (Å²) in [6, 6.07) is 16.4. The van der Waals surface area contributed by atoms with Gasteiger partial charge in [-0.05, 0) is 43.5 Å². The lowest BCUT2D eigenvalue weighted by Crippen LogP contribution is -2.49. The Morgan fingerprint density at radius 1 is 1.04 bits per heavy atom. The molecule has 2 amide bonds. The maximum Gasteiger partial charge on any atom is 0.242 e. The van der Waals surface area contributed by atoms with Crippen molar-refractivity contribution in [3.8, 4) is 0 Å². The molecular weight excluding hydrogens is 360 g/mol. The van der Waals surface area contributed by atoms with Crippen LogP contribution >= 0.6 is 11.6 Å². The Morgan fingerprint density at radius 3 is 2.33 bits per heavy atom. The molecule has 27 heavy (non-hydrogen) atoms. The van der Waals surface area contributed by atoms with Gasteiger partial charge >= 0.3 is 0 Å². The molecule has 0 heterocycles. The Morgan fingerprint density at radius 2 is 1.70 bits per heavy atom. The molecule has 0 aliphatic carbocycles. The molecule has 0 radical (unpaired) electrons. The first-order chi connectivity index (χ1) is 12.9. The standard InChI is InChI=1S/C22H27ClN2O2/c1-4-16(2)24-22(27)17(3)25(15-19-11-8-12-20(23)13-19)21(26)14-18-9-6-5-7-10-18/h5-13,16-17H,4,14-15H2,1-3H3,(H,24,27)/t16-,17+/m0/s1. The summed E-state index contributed by atoms with van der Waals surface area (Å²) >= 11 is 6.08. The predicted octanol–water partition coefficient (Wildman–Crippen LogP) is 4.21. The SMILES string of the molecule is CC[C@H](C)NC(=O)[C@@H](C)N(Cc1cccc(Cl)c1)C(=O)Cc1ccccc1. The lowest BCUT2D eigenvalue weighted by atomic mass is 10.1. The minimum Gasteiger partial charge on any atom is -0.352 e. The van der Waals surface area contributed by atoms with Gasteiger partial charge in [-0.1, -0.05) is 61.0 Å². The van der Waals surface area contributed by atoms with Crippen LogP contribution in [0.5, 0.6) is 0 Å². The van der Waals surface area contributed by atoms with Crippen LogP contribution < -0.4 is 5.32 Å². The van der Waals surface area contributed by atoms with E-state index in [0.29, 0.717) is 11.6 Å². The van der Waals surface area contributed by atoms with Crippen LogP contribution in [0.2, 0.25) is 5.02 Å². The van der Waals surface area contributed by atoms with Gasteiger partial charge < -0.3 is 10.2 Å². The molecule has 0 bridgehead atoms. The molecule has 0 fully saturated rings. The fraction of sp³-hybridized carbons (Fsp3) is 0.364. The van der Waals surface area contributed by atoms with Gasteiger partial charge in [0.2, 0.25) is 11.8 Å². The van der Waals surface area contributed by atoms with E-state index in [-0.39, 0.29) is 24.3 Å². The minimum absolute atomic E-state index is 0.0668. The fourth-order valence-electron chi connectivity index (χ4n) is 2.75. The van der Waals surface area contributed by atoms with Crippen molar-refractivity contribution >= 4 is 23.4 Å². The van der Waals surface area contributed by atoms with Crippen LogP contribution in [-0.2, 0) is 22.6 Å². The quantitative estimate of drug-likeness (QED) is 0.738. The highest BCUT2D eigenvalue weighted by molar-refractivity contribution is 6.30.